The van der Waals surface area contributed by atoms with E-state index in [1.807, 2.05) is 31.2 Å². The Bertz CT molecular complexity index is 353. The molecule has 0 saturated heterocycles. The Morgan fingerprint density at radius 3 is 2.81 bits per heavy atom. The van der Waals surface area contributed by atoms with Crippen LogP contribution in [0.5, 0.6) is 0 Å². The van der Waals surface area contributed by atoms with E-state index in [9.17, 15) is 4.79 Å². The van der Waals surface area contributed by atoms with Crippen molar-refractivity contribution in [3.63, 3.8) is 0 Å². The first kappa shape index (κ1) is 12.7. The summed E-state index contributed by atoms with van der Waals surface area (Å²) in [5.41, 5.74) is 7.39. The molecule has 4 nitrogen and oxygen atoms in total. The van der Waals surface area contributed by atoms with Crippen LogP contribution in [-0.4, -0.2) is 17.1 Å². The second-order valence-electron chi connectivity index (χ2n) is 3.71. The zero-order chi connectivity index (χ0) is 12.0. The van der Waals surface area contributed by atoms with Crippen molar-refractivity contribution in [3.8, 4) is 0 Å². The molecule has 16 heavy (non-hydrogen) atoms. The first-order chi connectivity index (χ1) is 7.67. The molecule has 0 saturated carbocycles. The molecule has 1 aromatic carbocycles. The Morgan fingerprint density at radius 1 is 1.50 bits per heavy atom. The van der Waals surface area contributed by atoms with E-state index in [2.05, 4.69) is 5.32 Å². The minimum Gasteiger partial charge on any atom is -0.392 e. The van der Waals surface area contributed by atoms with Gasteiger partial charge in [-0.2, -0.15) is 0 Å². The molecule has 0 aliphatic rings. The smallest absolute Gasteiger partial charge is 0.237 e. The molecule has 1 rings (SSSR count). The second kappa shape index (κ2) is 6.25. The number of nitrogens with two attached hydrogens (primary N) is 1. The van der Waals surface area contributed by atoms with Gasteiger partial charge in [-0.05, 0) is 17.5 Å². The highest BCUT2D eigenvalue weighted by Gasteiger charge is 2.09. The number of amides is 1. The molecule has 0 spiro atoms. The minimum atomic E-state index is -0.443. The molecule has 0 aromatic heterocycles. The van der Waals surface area contributed by atoms with Gasteiger partial charge in [0.05, 0.1) is 12.6 Å². The van der Waals surface area contributed by atoms with E-state index in [-0.39, 0.29) is 12.5 Å². The third-order valence-corrected chi connectivity index (χ3v) is 2.42. The molecule has 4 heteroatoms. The molecule has 1 unspecified atom stereocenters. The maximum Gasteiger partial charge on any atom is 0.237 e. The van der Waals surface area contributed by atoms with Crippen molar-refractivity contribution in [2.75, 3.05) is 0 Å². The van der Waals surface area contributed by atoms with Gasteiger partial charge in [0.15, 0.2) is 0 Å². The first-order valence-corrected chi connectivity index (χ1v) is 5.39. The van der Waals surface area contributed by atoms with Crippen molar-refractivity contribution in [2.45, 2.75) is 32.5 Å². The van der Waals surface area contributed by atoms with Crippen molar-refractivity contribution in [1.29, 1.82) is 0 Å². The van der Waals surface area contributed by atoms with Gasteiger partial charge in [-0.3, -0.25) is 4.79 Å². The third kappa shape index (κ3) is 3.64. The Morgan fingerprint density at radius 2 is 2.19 bits per heavy atom. The summed E-state index contributed by atoms with van der Waals surface area (Å²) in [4.78, 5) is 11.4. The lowest BCUT2D eigenvalue weighted by atomic mass is 10.1. The first-order valence-electron chi connectivity index (χ1n) is 5.39. The maximum atomic E-state index is 11.4. The van der Waals surface area contributed by atoms with Crippen LogP contribution in [0.25, 0.3) is 0 Å². The maximum absolute atomic E-state index is 11.4. The van der Waals surface area contributed by atoms with Crippen LogP contribution in [0, 0.1) is 0 Å². The van der Waals surface area contributed by atoms with E-state index < -0.39 is 6.04 Å². The number of hydrogen-bond acceptors (Lipinski definition) is 3. The topological polar surface area (TPSA) is 75.4 Å². The Kier molecular flexibility index (Phi) is 4.95. The number of hydrogen-bond donors (Lipinski definition) is 3. The molecule has 0 aliphatic carbocycles. The molecule has 1 amide bonds. The monoisotopic (exact) mass is 222 g/mol. The van der Waals surface area contributed by atoms with Crippen molar-refractivity contribution >= 4 is 5.91 Å². The van der Waals surface area contributed by atoms with Crippen LogP contribution in [0.15, 0.2) is 24.3 Å². The van der Waals surface area contributed by atoms with Gasteiger partial charge in [-0.15, -0.1) is 0 Å². The van der Waals surface area contributed by atoms with E-state index in [1.165, 1.54) is 0 Å². The van der Waals surface area contributed by atoms with Crippen LogP contribution < -0.4 is 11.1 Å². The zero-order valence-electron chi connectivity index (χ0n) is 9.44. The van der Waals surface area contributed by atoms with Gasteiger partial charge in [-0.25, -0.2) is 0 Å². The number of aliphatic hydroxyl groups is 1. The summed E-state index contributed by atoms with van der Waals surface area (Å²) < 4.78 is 0. The molecule has 0 fully saturated rings. The van der Waals surface area contributed by atoms with Crippen LogP contribution in [0.3, 0.4) is 0 Å². The quantitative estimate of drug-likeness (QED) is 0.680. The summed E-state index contributed by atoms with van der Waals surface area (Å²) in [7, 11) is 0. The second-order valence-corrected chi connectivity index (χ2v) is 3.71. The Hall–Kier alpha value is -1.39. The number of carbonyl (C=O) groups excluding carboxylic acids is 1. The molecule has 4 N–H and O–H groups in total. The summed E-state index contributed by atoms with van der Waals surface area (Å²) in [5.74, 6) is -0.142. The van der Waals surface area contributed by atoms with E-state index in [0.717, 1.165) is 11.1 Å². The number of aliphatic hydroxyl groups excluding tert-OH is 1. The van der Waals surface area contributed by atoms with E-state index in [4.69, 9.17) is 10.8 Å². The van der Waals surface area contributed by atoms with Crippen LogP contribution in [0.4, 0.5) is 0 Å². The van der Waals surface area contributed by atoms with Gasteiger partial charge >= 0.3 is 0 Å². The van der Waals surface area contributed by atoms with Gasteiger partial charge in [0.2, 0.25) is 5.91 Å². The van der Waals surface area contributed by atoms with Crippen molar-refractivity contribution < 1.29 is 9.90 Å². The summed E-state index contributed by atoms with van der Waals surface area (Å²) >= 11 is 0. The standard InChI is InChI=1S/C12H18N2O2/c1-2-11(13)12(16)14-7-9-4-3-5-10(6-9)8-15/h3-6,11,15H,2,7-8,13H2,1H3,(H,14,16). The van der Waals surface area contributed by atoms with E-state index in [0.29, 0.717) is 13.0 Å². The van der Waals surface area contributed by atoms with Gasteiger partial charge < -0.3 is 16.2 Å². The zero-order valence-corrected chi connectivity index (χ0v) is 9.44. The Labute approximate surface area is 95.5 Å². The van der Waals surface area contributed by atoms with Crippen molar-refractivity contribution in [1.82, 2.24) is 5.32 Å². The fourth-order valence-electron chi connectivity index (χ4n) is 1.34. The van der Waals surface area contributed by atoms with E-state index >= 15 is 0 Å². The Balaban J connectivity index is 2.51. The van der Waals surface area contributed by atoms with Gasteiger partial charge in [0.25, 0.3) is 0 Å². The highest BCUT2D eigenvalue weighted by molar-refractivity contribution is 5.81. The number of carbonyl (C=O) groups is 1. The summed E-state index contributed by atoms with van der Waals surface area (Å²) in [6.07, 6.45) is 0.627. The number of benzene rings is 1. The molecular weight excluding hydrogens is 204 g/mol. The summed E-state index contributed by atoms with van der Waals surface area (Å²) in [6, 6.07) is 7.01. The molecule has 0 heterocycles. The minimum absolute atomic E-state index is 0.0102. The molecule has 1 atom stereocenters. The predicted molar refractivity (Wildman–Crippen MR) is 62.5 cm³/mol. The van der Waals surface area contributed by atoms with Crippen LogP contribution in [0.2, 0.25) is 0 Å². The van der Waals surface area contributed by atoms with Crippen LogP contribution >= 0.6 is 0 Å². The average Bonchev–Trinajstić information content (AvgIpc) is 2.35. The lowest BCUT2D eigenvalue weighted by Gasteiger charge is -2.10. The van der Waals surface area contributed by atoms with Crippen LogP contribution in [-0.2, 0) is 17.9 Å². The van der Waals surface area contributed by atoms with Gasteiger partial charge in [0, 0.05) is 6.54 Å². The fraction of sp³-hybridized carbons (Fsp3) is 0.417. The highest BCUT2D eigenvalue weighted by Crippen LogP contribution is 2.04. The van der Waals surface area contributed by atoms with Crippen molar-refractivity contribution in [2.24, 2.45) is 5.73 Å². The average molecular weight is 222 g/mol. The normalized spacial score (nSPS) is 12.2. The largest absolute Gasteiger partial charge is 0.392 e. The van der Waals surface area contributed by atoms with Gasteiger partial charge in [0.1, 0.15) is 0 Å². The van der Waals surface area contributed by atoms with Gasteiger partial charge in [-0.1, -0.05) is 31.2 Å². The SMILES string of the molecule is CCC(N)C(=O)NCc1cccc(CO)c1. The molecule has 0 bridgehead atoms. The van der Waals surface area contributed by atoms with Crippen molar-refractivity contribution in [3.05, 3.63) is 35.4 Å². The fourth-order valence-corrected chi connectivity index (χ4v) is 1.34. The highest BCUT2D eigenvalue weighted by atomic mass is 16.3. The molecule has 88 valence electrons. The lowest BCUT2D eigenvalue weighted by molar-refractivity contribution is -0.122. The number of rotatable bonds is 5. The summed E-state index contributed by atoms with van der Waals surface area (Å²) in [5, 5.41) is 11.7. The summed E-state index contributed by atoms with van der Waals surface area (Å²) in [6.45, 7) is 2.33. The number of nitrogens with one attached hydrogen (secondary N) is 1. The molecular formula is C12H18N2O2. The predicted octanol–water partition coefficient (Wildman–Crippen LogP) is 0.532. The lowest BCUT2D eigenvalue weighted by Crippen LogP contribution is -2.39. The van der Waals surface area contributed by atoms with E-state index in [1.54, 1.807) is 0 Å². The molecule has 0 radical (unpaired) electrons. The third-order valence-electron chi connectivity index (χ3n) is 2.42. The van der Waals surface area contributed by atoms with Crippen LogP contribution in [0.1, 0.15) is 24.5 Å². The molecule has 1 aromatic rings. The molecule has 0 aliphatic heterocycles.